The minimum Gasteiger partial charge on any atom is -0.339 e. The number of carbonyl (C=O) groups is 1. The highest BCUT2D eigenvalue weighted by Gasteiger charge is 2.36. The molecule has 19 heavy (non-hydrogen) atoms. The average Bonchev–Trinajstić information content (AvgIpc) is 2.86. The number of rotatable bonds is 3. The summed E-state index contributed by atoms with van der Waals surface area (Å²) < 4.78 is 0. The molecule has 0 aromatic carbocycles. The van der Waals surface area contributed by atoms with Crippen molar-refractivity contribution in [2.24, 2.45) is 5.41 Å². The van der Waals surface area contributed by atoms with Crippen LogP contribution in [0.4, 0.5) is 0 Å². The highest BCUT2D eigenvalue weighted by Crippen LogP contribution is 2.33. The molecule has 1 atom stereocenters. The molecule has 0 bridgehead atoms. The molecule has 0 spiro atoms. The lowest BCUT2D eigenvalue weighted by Gasteiger charge is -2.35. The number of hydrogen-bond acceptors (Lipinski definition) is 2. The number of aromatic nitrogens is 1. The van der Waals surface area contributed by atoms with Gasteiger partial charge in [-0.25, -0.2) is 0 Å². The molecule has 1 aliphatic heterocycles. The fourth-order valence-electron chi connectivity index (χ4n) is 2.89. The Labute approximate surface area is 116 Å². The average molecular weight is 260 g/mol. The van der Waals surface area contributed by atoms with Gasteiger partial charge in [-0.15, -0.1) is 0 Å². The first-order valence-corrected chi connectivity index (χ1v) is 7.18. The van der Waals surface area contributed by atoms with E-state index in [4.69, 9.17) is 0 Å². The normalized spacial score (nSPS) is 19.7. The minimum absolute atomic E-state index is 0.178. The fourth-order valence-corrected chi connectivity index (χ4v) is 2.89. The van der Waals surface area contributed by atoms with Crippen LogP contribution in [0.25, 0.3) is 0 Å². The van der Waals surface area contributed by atoms with Gasteiger partial charge in [0.2, 0.25) is 5.91 Å². The number of hydrogen-bond donors (Lipinski definition) is 0. The molecular weight excluding hydrogens is 236 g/mol. The van der Waals surface area contributed by atoms with Crippen molar-refractivity contribution in [3.05, 3.63) is 30.1 Å². The van der Waals surface area contributed by atoms with E-state index in [0.29, 0.717) is 12.5 Å². The predicted molar refractivity (Wildman–Crippen MR) is 76.7 cm³/mol. The maximum absolute atomic E-state index is 12.4. The zero-order valence-electron chi connectivity index (χ0n) is 12.2. The number of amides is 1. The zero-order chi connectivity index (χ0) is 13.9. The third kappa shape index (κ3) is 3.55. The van der Waals surface area contributed by atoms with E-state index in [1.807, 2.05) is 18.2 Å². The van der Waals surface area contributed by atoms with Gasteiger partial charge in [-0.1, -0.05) is 26.8 Å². The van der Waals surface area contributed by atoms with Crippen LogP contribution < -0.4 is 0 Å². The summed E-state index contributed by atoms with van der Waals surface area (Å²) in [4.78, 5) is 18.7. The van der Waals surface area contributed by atoms with Crippen molar-refractivity contribution >= 4 is 5.91 Å². The Kier molecular flexibility index (Phi) is 4.23. The van der Waals surface area contributed by atoms with Gasteiger partial charge in [0, 0.05) is 30.9 Å². The van der Waals surface area contributed by atoms with Crippen molar-refractivity contribution in [3.63, 3.8) is 0 Å². The third-order valence-corrected chi connectivity index (χ3v) is 3.89. The lowest BCUT2D eigenvalue weighted by Crippen LogP contribution is -2.43. The van der Waals surface area contributed by atoms with Crippen LogP contribution >= 0.6 is 0 Å². The first-order chi connectivity index (χ1) is 8.98. The molecule has 1 amide bonds. The number of pyridine rings is 1. The van der Waals surface area contributed by atoms with E-state index in [1.165, 1.54) is 0 Å². The van der Waals surface area contributed by atoms with Crippen molar-refractivity contribution in [2.75, 3.05) is 6.54 Å². The van der Waals surface area contributed by atoms with Crippen molar-refractivity contribution in [1.82, 2.24) is 9.88 Å². The maximum Gasteiger partial charge on any atom is 0.223 e. The lowest BCUT2D eigenvalue weighted by atomic mass is 9.85. The molecule has 3 nitrogen and oxygen atoms in total. The number of likely N-dealkylation sites (tertiary alicyclic amines) is 1. The first kappa shape index (κ1) is 14.0. The Morgan fingerprint density at radius 1 is 1.42 bits per heavy atom. The van der Waals surface area contributed by atoms with Gasteiger partial charge in [0.05, 0.1) is 0 Å². The topological polar surface area (TPSA) is 33.2 Å². The number of aryl methyl sites for hydroxylation is 1. The highest BCUT2D eigenvalue weighted by atomic mass is 16.2. The predicted octanol–water partition coefficient (Wildman–Crippen LogP) is 3.05. The molecule has 1 saturated heterocycles. The summed E-state index contributed by atoms with van der Waals surface area (Å²) in [6.45, 7) is 7.59. The number of carbonyl (C=O) groups excluding carboxylic acids is 1. The molecule has 2 rings (SSSR count). The van der Waals surface area contributed by atoms with E-state index in [-0.39, 0.29) is 11.3 Å². The second kappa shape index (κ2) is 5.72. The molecular formula is C16H24N2O. The summed E-state index contributed by atoms with van der Waals surface area (Å²) in [5, 5.41) is 0. The molecule has 0 aliphatic carbocycles. The van der Waals surface area contributed by atoms with E-state index in [1.54, 1.807) is 6.20 Å². The van der Waals surface area contributed by atoms with Crippen LogP contribution in [0.1, 0.15) is 45.7 Å². The highest BCUT2D eigenvalue weighted by molar-refractivity contribution is 5.77. The minimum atomic E-state index is 0.178. The summed E-state index contributed by atoms with van der Waals surface area (Å²) in [7, 11) is 0. The SMILES string of the molecule is CC(C)(C)C1CCCN1C(=O)CCc1ccccn1. The summed E-state index contributed by atoms with van der Waals surface area (Å²) in [6.07, 6.45) is 5.38. The van der Waals surface area contributed by atoms with Crippen LogP contribution in [0.15, 0.2) is 24.4 Å². The van der Waals surface area contributed by atoms with Crippen molar-refractivity contribution in [2.45, 2.75) is 52.5 Å². The lowest BCUT2D eigenvalue weighted by molar-refractivity contribution is -0.133. The van der Waals surface area contributed by atoms with Crippen molar-refractivity contribution < 1.29 is 4.79 Å². The molecule has 0 radical (unpaired) electrons. The molecule has 0 saturated carbocycles. The molecule has 104 valence electrons. The summed E-state index contributed by atoms with van der Waals surface area (Å²) in [5.74, 6) is 0.281. The molecule has 1 aromatic heterocycles. The Morgan fingerprint density at radius 3 is 2.84 bits per heavy atom. The quantitative estimate of drug-likeness (QED) is 0.837. The maximum atomic E-state index is 12.4. The van der Waals surface area contributed by atoms with Gasteiger partial charge < -0.3 is 4.90 Å². The molecule has 1 fully saturated rings. The smallest absolute Gasteiger partial charge is 0.223 e. The van der Waals surface area contributed by atoms with Gasteiger partial charge >= 0.3 is 0 Å². The molecule has 1 aromatic rings. The molecule has 1 unspecified atom stereocenters. The summed E-state index contributed by atoms with van der Waals surface area (Å²) in [6, 6.07) is 6.25. The Bertz CT molecular complexity index is 422. The van der Waals surface area contributed by atoms with Crippen LogP contribution in [-0.4, -0.2) is 28.4 Å². The molecule has 2 heterocycles. The van der Waals surface area contributed by atoms with Gasteiger partial charge in [-0.05, 0) is 36.8 Å². The molecule has 1 aliphatic rings. The van der Waals surface area contributed by atoms with Gasteiger partial charge in [0.1, 0.15) is 0 Å². The van der Waals surface area contributed by atoms with E-state index < -0.39 is 0 Å². The van der Waals surface area contributed by atoms with Gasteiger partial charge in [-0.3, -0.25) is 9.78 Å². The molecule has 3 heteroatoms. The van der Waals surface area contributed by atoms with Gasteiger partial charge in [0.15, 0.2) is 0 Å². The largest absolute Gasteiger partial charge is 0.339 e. The van der Waals surface area contributed by atoms with Gasteiger partial charge in [-0.2, -0.15) is 0 Å². The monoisotopic (exact) mass is 260 g/mol. The van der Waals surface area contributed by atoms with Crippen LogP contribution in [0, 0.1) is 5.41 Å². The van der Waals surface area contributed by atoms with Crippen molar-refractivity contribution in [1.29, 1.82) is 0 Å². The molecule has 0 N–H and O–H groups in total. The van der Waals surface area contributed by atoms with Crippen molar-refractivity contribution in [3.8, 4) is 0 Å². The fraction of sp³-hybridized carbons (Fsp3) is 0.625. The Morgan fingerprint density at radius 2 is 2.21 bits per heavy atom. The van der Waals surface area contributed by atoms with Crippen LogP contribution in [0.5, 0.6) is 0 Å². The van der Waals surface area contributed by atoms with Gasteiger partial charge in [0.25, 0.3) is 0 Å². The second-order valence-electron chi connectivity index (χ2n) is 6.43. The standard InChI is InChI=1S/C16H24N2O/c1-16(2,3)14-8-6-12-18(14)15(19)10-9-13-7-4-5-11-17-13/h4-5,7,11,14H,6,8-10,12H2,1-3H3. The number of nitrogens with zero attached hydrogens (tertiary/aromatic N) is 2. The zero-order valence-corrected chi connectivity index (χ0v) is 12.2. The van der Waals surface area contributed by atoms with Crippen LogP contribution in [0.2, 0.25) is 0 Å². The Balaban J connectivity index is 1.93. The first-order valence-electron chi connectivity index (χ1n) is 7.18. The Hall–Kier alpha value is -1.38. The summed E-state index contributed by atoms with van der Waals surface area (Å²) in [5.41, 5.74) is 1.18. The van der Waals surface area contributed by atoms with E-state index in [0.717, 1.165) is 31.5 Å². The van der Waals surface area contributed by atoms with Crippen LogP contribution in [0.3, 0.4) is 0 Å². The second-order valence-corrected chi connectivity index (χ2v) is 6.43. The van der Waals surface area contributed by atoms with E-state index in [9.17, 15) is 4.79 Å². The van der Waals surface area contributed by atoms with E-state index in [2.05, 4.69) is 30.7 Å². The third-order valence-electron chi connectivity index (χ3n) is 3.89. The summed E-state index contributed by atoms with van der Waals surface area (Å²) >= 11 is 0. The van der Waals surface area contributed by atoms with Crippen LogP contribution in [-0.2, 0) is 11.2 Å². The van der Waals surface area contributed by atoms with E-state index >= 15 is 0 Å².